The molecular weight excluding hydrogens is 501 g/mol. The van der Waals surface area contributed by atoms with Crippen molar-refractivity contribution in [2.45, 2.75) is 71.9 Å². The number of aromatic nitrogens is 3. The van der Waals surface area contributed by atoms with Gasteiger partial charge in [0.25, 0.3) is 5.19 Å². The van der Waals surface area contributed by atoms with E-state index < -0.39 is 12.8 Å². The molecule has 1 saturated carbocycles. The largest absolute Gasteiger partial charge is 0.460 e. The maximum absolute atomic E-state index is 12.4. The van der Waals surface area contributed by atoms with Crippen molar-refractivity contribution in [3.8, 4) is 5.19 Å². The first-order valence-electron chi connectivity index (χ1n) is 12.6. The van der Waals surface area contributed by atoms with Crippen LogP contribution in [0.1, 0.15) is 67.9 Å². The van der Waals surface area contributed by atoms with Crippen molar-refractivity contribution < 1.29 is 22.7 Å². The summed E-state index contributed by atoms with van der Waals surface area (Å²) >= 11 is 1.25. The summed E-state index contributed by atoms with van der Waals surface area (Å²) in [5.41, 5.74) is 1.72. The summed E-state index contributed by atoms with van der Waals surface area (Å²) in [6.07, 6.45) is 10.4. The lowest BCUT2D eigenvalue weighted by Crippen LogP contribution is -2.29. The van der Waals surface area contributed by atoms with Gasteiger partial charge in [0.1, 0.15) is 5.82 Å². The zero-order valence-corrected chi connectivity index (χ0v) is 21.4. The lowest BCUT2D eigenvalue weighted by molar-refractivity contribution is -0.153. The van der Waals surface area contributed by atoms with Crippen LogP contribution >= 0.6 is 11.3 Å². The second-order valence-corrected chi connectivity index (χ2v) is 10.9. The number of allylic oxidation sites excluding steroid dienone is 1. The van der Waals surface area contributed by atoms with Crippen LogP contribution in [0.4, 0.5) is 13.2 Å². The van der Waals surface area contributed by atoms with Gasteiger partial charge in [-0.15, -0.1) is 0 Å². The average Bonchev–Trinajstić information content (AvgIpc) is 3.15. The number of ketones is 1. The maximum atomic E-state index is 12.4. The van der Waals surface area contributed by atoms with Gasteiger partial charge in [0.2, 0.25) is 0 Å². The molecule has 3 heterocycles. The van der Waals surface area contributed by atoms with Crippen LogP contribution in [0.2, 0.25) is 0 Å². The standard InChI is InChI=1S/C26H33F3N4O2S.CH4/c1-18-30-15-21(16-31-18)6-7-22(34)14-20-4-2-19(3-5-20)8-11-33-12-9-23-24(10-13-33)36-25(32-23)35-17-26(27,28)29;/h6-7,15-16,19-20H,2-5,8-14,17H2,1H3;1H4/b7-6+;. The van der Waals surface area contributed by atoms with Crippen molar-refractivity contribution >= 4 is 23.2 Å². The molecule has 1 fully saturated rings. The van der Waals surface area contributed by atoms with Gasteiger partial charge in [-0.2, -0.15) is 13.2 Å². The molecule has 37 heavy (non-hydrogen) atoms. The lowest BCUT2D eigenvalue weighted by atomic mass is 9.78. The molecule has 2 aromatic rings. The Labute approximate surface area is 221 Å². The molecule has 0 unspecified atom stereocenters. The Hall–Kier alpha value is -2.33. The smallest absolute Gasteiger partial charge is 0.422 e. The quantitative estimate of drug-likeness (QED) is 0.360. The van der Waals surface area contributed by atoms with Crippen molar-refractivity contribution in [1.29, 1.82) is 0 Å². The number of rotatable bonds is 9. The molecule has 204 valence electrons. The van der Waals surface area contributed by atoms with Crippen molar-refractivity contribution in [3.63, 3.8) is 0 Å². The summed E-state index contributed by atoms with van der Waals surface area (Å²) in [4.78, 5) is 28.4. The van der Waals surface area contributed by atoms with Crippen LogP contribution in [0.25, 0.3) is 6.08 Å². The van der Waals surface area contributed by atoms with E-state index in [2.05, 4.69) is 19.9 Å². The number of alkyl halides is 3. The minimum atomic E-state index is -4.34. The molecule has 0 radical (unpaired) electrons. The summed E-state index contributed by atoms with van der Waals surface area (Å²) in [7, 11) is 0. The Morgan fingerprint density at radius 1 is 1.14 bits per heavy atom. The van der Waals surface area contributed by atoms with Gasteiger partial charge in [-0.3, -0.25) is 4.79 Å². The molecule has 0 bridgehead atoms. The van der Waals surface area contributed by atoms with E-state index in [9.17, 15) is 18.0 Å². The zero-order chi connectivity index (χ0) is 25.5. The lowest BCUT2D eigenvalue weighted by Gasteiger charge is -2.30. The van der Waals surface area contributed by atoms with Gasteiger partial charge in [-0.05, 0) is 63.1 Å². The van der Waals surface area contributed by atoms with Crippen molar-refractivity contribution in [2.75, 3.05) is 26.2 Å². The maximum Gasteiger partial charge on any atom is 0.422 e. The molecule has 10 heteroatoms. The molecule has 0 aromatic carbocycles. The Bertz CT molecular complexity index is 1010. The molecule has 6 nitrogen and oxygen atoms in total. The minimum Gasteiger partial charge on any atom is -0.460 e. The number of carbonyl (C=O) groups is 1. The predicted octanol–water partition coefficient (Wildman–Crippen LogP) is 6.09. The van der Waals surface area contributed by atoms with Crippen LogP contribution in [0.15, 0.2) is 18.5 Å². The van der Waals surface area contributed by atoms with E-state index in [-0.39, 0.29) is 18.4 Å². The third-order valence-corrected chi connectivity index (χ3v) is 8.08. The molecule has 0 atom stereocenters. The third kappa shape index (κ3) is 9.48. The summed E-state index contributed by atoms with van der Waals surface area (Å²) < 4.78 is 42.0. The number of nitrogens with zero attached hydrogens (tertiary/aromatic N) is 4. The van der Waals surface area contributed by atoms with Crippen LogP contribution in [-0.4, -0.2) is 58.1 Å². The molecule has 0 spiro atoms. The van der Waals surface area contributed by atoms with Gasteiger partial charge in [0.05, 0.1) is 5.69 Å². The van der Waals surface area contributed by atoms with Crippen molar-refractivity contribution in [1.82, 2.24) is 19.9 Å². The summed E-state index contributed by atoms with van der Waals surface area (Å²) in [5, 5.41) is 0.126. The number of thiazole rings is 1. The summed E-state index contributed by atoms with van der Waals surface area (Å²) in [5.74, 6) is 2.03. The Morgan fingerprint density at radius 3 is 2.51 bits per heavy atom. The molecule has 1 aliphatic heterocycles. The SMILES string of the molecule is C.Cc1ncc(/C=C/C(=O)CC2CCC(CCN3CCc4nc(OCC(F)(F)F)sc4CC3)CC2)cn1. The minimum absolute atomic E-state index is 0. The summed E-state index contributed by atoms with van der Waals surface area (Å²) in [6.45, 7) is 3.34. The predicted molar refractivity (Wildman–Crippen MR) is 140 cm³/mol. The number of ether oxygens (including phenoxy) is 1. The fourth-order valence-corrected chi connectivity index (χ4v) is 5.88. The average molecular weight is 539 g/mol. The van der Waals surface area contributed by atoms with Crippen molar-refractivity contribution in [2.24, 2.45) is 11.8 Å². The van der Waals surface area contributed by atoms with Crippen LogP contribution in [0.3, 0.4) is 0 Å². The first-order chi connectivity index (χ1) is 17.2. The Kier molecular flexibility index (Phi) is 10.6. The van der Waals surface area contributed by atoms with E-state index in [1.807, 2.05) is 6.92 Å². The second kappa shape index (κ2) is 13.5. The van der Waals surface area contributed by atoms with Crippen LogP contribution in [0, 0.1) is 18.8 Å². The highest BCUT2D eigenvalue weighted by molar-refractivity contribution is 7.13. The van der Waals surface area contributed by atoms with E-state index >= 15 is 0 Å². The highest BCUT2D eigenvalue weighted by Gasteiger charge is 2.30. The topological polar surface area (TPSA) is 68.2 Å². The van der Waals surface area contributed by atoms with Gasteiger partial charge in [0, 0.05) is 48.8 Å². The van der Waals surface area contributed by atoms with Crippen LogP contribution in [0.5, 0.6) is 5.19 Å². The fourth-order valence-electron chi connectivity index (χ4n) is 4.93. The molecule has 0 saturated heterocycles. The van der Waals surface area contributed by atoms with Crippen molar-refractivity contribution in [3.05, 3.63) is 40.4 Å². The van der Waals surface area contributed by atoms with Crippen LogP contribution in [-0.2, 0) is 17.6 Å². The number of hydrogen-bond acceptors (Lipinski definition) is 7. The fraction of sp³-hybridized carbons (Fsp3) is 0.630. The number of fused-ring (bicyclic) bond motifs is 1. The Morgan fingerprint density at radius 2 is 1.81 bits per heavy atom. The zero-order valence-electron chi connectivity index (χ0n) is 20.6. The third-order valence-electron chi connectivity index (χ3n) is 7.01. The molecular formula is C27H37F3N4O2S. The number of halogens is 3. The first-order valence-corrected chi connectivity index (χ1v) is 13.4. The second-order valence-electron chi connectivity index (χ2n) is 9.84. The number of aryl methyl sites for hydroxylation is 1. The van der Waals surface area contributed by atoms with Crippen LogP contribution < -0.4 is 4.74 Å². The van der Waals surface area contributed by atoms with Gasteiger partial charge in [-0.1, -0.05) is 31.6 Å². The normalized spacial score (nSPS) is 20.8. The number of hydrogen-bond donors (Lipinski definition) is 0. The van der Waals surface area contributed by atoms with Gasteiger partial charge >= 0.3 is 6.18 Å². The van der Waals surface area contributed by atoms with Gasteiger partial charge in [-0.25, -0.2) is 15.0 Å². The molecule has 0 amide bonds. The highest BCUT2D eigenvalue weighted by atomic mass is 32.1. The monoisotopic (exact) mass is 538 g/mol. The Balaban J connectivity index is 0.00000380. The van der Waals surface area contributed by atoms with E-state index in [0.717, 1.165) is 80.7 Å². The first kappa shape index (κ1) is 29.2. The van der Waals surface area contributed by atoms with Gasteiger partial charge < -0.3 is 9.64 Å². The highest BCUT2D eigenvalue weighted by Crippen LogP contribution is 2.34. The van der Waals surface area contributed by atoms with E-state index in [1.54, 1.807) is 24.5 Å². The molecule has 2 aromatic heterocycles. The molecule has 0 N–H and O–H groups in total. The van der Waals surface area contributed by atoms with E-state index in [0.29, 0.717) is 24.1 Å². The summed E-state index contributed by atoms with van der Waals surface area (Å²) in [6, 6.07) is 0. The van der Waals surface area contributed by atoms with E-state index in [4.69, 9.17) is 4.74 Å². The molecule has 4 rings (SSSR count). The molecule has 2 aliphatic rings. The van der Waals surface area contributed by atoms with E-state index in [1.165, 1.54) is 11.3 Å². The number of carbonyl (C=O) groups excluding carboxylic acids is 1. The van der Waals surface area contributed by atoms with Gasteiger partial charge in [0.15, 0.2) is 12.4 Å². The molecule has 1 aliphatic carbocycles.